The number of amides is 1. The summed E-state index contributed by atoms with van der Waals surface area (Å²) < 4.78 is 13.7. The number of aryl methyl sites for hydroxylation is 1. The third-order valence-corrected chi connectivity index (χ3v) is 3.66. The quantitative estimate of drug-likeness (QED) is 0.734. The van der Waals surface area contributed by atoms with Crippen molar-refractivity contribution in [1.82, 2.24) is 9.97 Å². The van der Waals surface area contributed by atoms with E-state index < -0.39 is 11.7 Å². The van der Waals surface area contributed by atoms with Gasteiger partial charge in [0.2, 0.25) is 5.95 Å². The highest BCUT2D eigenvalue weighted by Crippen LogP contribution is 2.19. The number of anilines is 3. The molecular weight excluding hydrogens is 319 g/mol. The molecule has 0 unspecified atom stereocenters. The van der Waals surface area contributed by atoms with Gasteiger partial charge in [0.15, 0.2) is 0 Å². The average molecular weight is 336 g/mol. The summed E-state index contributed by atoms with van der Waals surface area (Å²) in [7, 11) is 0. The molecule has 1 aromatic heterocycles. The van der Waals surface area contributed by atoms with Crippen LogP contribution in [0, 0.1) is 5.82 Å². The van der Waals surface area contributed by atoms with Crippen LogP contribution in [-0.4, -0.2) is 15.9 Å². The van der Waals surface area contributed by atoms with Crippen molar-refractivity contribution >= 4 is 23.2 Å². The standard InChI is InChI=1S/C19H17FN4O/c1-2-13-7-3-5-9-15(13)23-19-21-12-11-17(24-19)18(25)22-16-10-6-4-8-14(16)20/h3-12H,2H2,1H3,(H,22,25)(H,21,23,24). The molecule has 5 nitrogen and oxygen atoms in total. The molecule has 0 fully saturated rings. The molecule has 0 radical (unpaired) electrons. The van der Waals surface area contributed by atoms with E-state index in [1.54, 1.807) is 12.1 Å². The lowest BCUT2D eigenvalue weighted by Gasteiger charge is -2.10. The fourth-order valence-electron chi connectivity index (χ4n) is 2.37. The second-order valence-electron chi connectivity index (χ2n) is 5.34. The van der Waals surface area contributed by atoms with E-state index in [-0.39, 0.29) is 11.4 Å². The summed E-state index contributed by atoms with van der Waals surface area (Å²) in [6.07, 6.45) is 2.34. The number of benzene rings is 2. The Morgan fingerprint density at radius 1 is 1.04 bits per heavy atom. The largest absolute Gasteiger partial charge is 0.324 e. The van der Waals surface area contributed by atoms with E-state index in [1.807, 2.05) is 24.3 Å². The molecule has 0 atom stereocenters. The third-order valence-electron chi connectivity index (χ3n) is 3.66. The average Bonchev–Trinajstić information content (AvgIpc) is 2.64. The van der Waals surface area contributed by atoms with Crippen molar-refractivity contribution in [3.05, 3.63) is 77.9 Å². The van der Waals surface area contributed by atoms with Gasteiger partial charge in [0.05, 0.1) is 5.69 Å². The molecule has 3 aromatic rings. The van der Waals surface area contributed by atoms with Crippen LogP contribution in [0.1, 0.15) is 23.0 Å². The number of carbonyl (C=O) groups excluding carboxylic acids is 1. The number of nitrogens with one attached hydrogen (secondary N) is 2. The van der Waals surface area contributed by atoms with Crippen LogP contribution in [0.25, 0.3) is 0 Å². The molecule has 2 aromatic carbocycles. The first kappa shape index (κ1) is 16.6. The van der Waals surface area contributed by atoms with Gasteiger partial charge in [-0.15, -0.1) is 0 Å². The Kier molecular flexibility index (Phi) is 4.99. The molecule has 0 aliphatic heterocycles. The molecular formula is C19H17FN4O. The predicted molar refractivity (Wildman–Crippen MR) is 95.5 cm³/mol. The lowest BCUT2D eigenvalue weighted by Crippen LogP contribution is -2.15. The van der Waals surface area contributed by atoms with Crippen LogP contribution in [0.2, 0.25) is 0 Å². The SMILES string of the molecule is CCc1ccccc1Nc1nccc(C(=O)Nc2ccccc2F)n1. The van der Waals surface area contributed by atoms with Gasteiger partial charge in [0, 0.05) is 11.9 Å². The van der Waals surface area contributed by atoms with Crippen LogP contribution >= 0.6 is 0 Å². The fourth-order valence-corrected chi connectivity index (χ4v) is 2.37. The third kappa shape index (κ3) is 3.98. The Bertz CT molecular complexity index is 898. The lowest BCUT2D eigenvalue weighted by atomic mass is 10.1. The zero-order chi connectivity index (χ0) is 17.6. The normalized spacial score (nSPS) is 10.3. The smallest absolute Gasteiger partial charge is 0.274 e. The summed E-state index contributed by atoms with van der Waals surface area (Å²) >= 11 is 0. The van der Waals surface area contributed by atoms with E-state index in [1.165, 1.54) is 24.4 Å². The highest BCUT2D eigenvalue weighted by atomic mass is 19.1. The maximum atomic E-state index is 13.7. The van der Waals surface area contributed by atoms with Gasteiger partial charge in [-0.3, -0.25) is 4.79 Å². The van der Waals surface area contributed by atoms with Crippen LogP contribution in [-0.2, 0) is 6.42 Å². The zero-order valence-electron chi connectivity index (χ0n) is 13.7. The Hall–Kier alpha value is -3.28. The van der Waals surface area contributed by atoms with E-state index in [9.17, 15) is 9.18 Å². The number of nitrogens with zero attached hydrogens (tertiary/aromatic N) is 2. The van der Waals surface area contributed by atoms with E-state index in [0.717, 1.165) is 17.7 Å². The summed E-state index contributed by atoms with van der Waals surface area (Å²) in [4.78, 5) is 20.7. The number of aromatic nitrogens is 2. The maximum Gasteiger partial charge on any atom is 0.274 e. The van der Waals surface area contributed by atoms with Gasteiger partial charge in [-0.1, -0.05) is 37.3 Å². The minimum Gasteiger partial charge on any atom is -0.324 e. The number of halogens is 1. The van der Waals surface area contributed by atoms with E-state index >= 15 is 0 Å². The van der Waals surface area contributed by atoms with Crippen LogP contribution in [0.15, 0.2) is 60.8 Å². The van der Waals surface area contributed by atoms with Gasteiger partial charge in [0.25, 0.3) is 5.91 Å². The number of rotatable bonds is 5. The number of hydrogen-bond acceptors (Lipinski definition) is 4. The van der Waals surface area contributed by atoms with E-state index in [2.05, 4.69) is 27.5 Å². The second kappa shape index (κ2) is 7.53. The first-order valence-electron chi connectivity index (χ1n) is 7.91. The summed E-state index contributed by atoms with van der Waals surface area (Å²) in [6.45, 7) is 2.06. The van der Waals surface area contributed by atoms with Gasteiger partial charge in [0.1, 0.15) is 11.5 Å². The molecule has 0 bridgehead atoms. The van der Waals surface area contributed by atoms with Crippen molar-refractivity contribution in [2.45, 2.75) is 13.3 Å². The molecule has 2 N–H and O–H groups in total. The summed E-state index contributed by atoms with van der Waals surface area (Å²) in [5, 5.41) is 5.63. The fraction of sp³-hybridized carbons (Fsp3) is 0.105. The number of carbonyl (C=O) groups is 1. The molecule has 3 rings (SSSR count). The minimum absolute atomic E-state index is 0.108. The van der Waals surface area contributed by atoms with Gasteiger partial charge in [-0.25, -0.2) is 14.4 Å². The number of para-hydroxylation sites is 2. The van der Waals surface area contributed by atoms with Crippen molar-refractivity contribution in [3.8, 4) is 0 Å². The van der Waals surface area contributed by atoms with E-state index in [4.69, 9.17) is 0 Å². The molecule has 1 amide bonds. The summed E-state index contributed by atoms with van der Waals surface area (Å²) in [5.74, 6) is -0.693. The molecule has 1 heterocycles. The van der Waals surface area contributed by atoms with E-state index in [0.29, 0.717) is 5.95 Å². The van der Waals surface area contributed by atoms with Crippen LogP contribution < -0.4 is 10.6 Å². The lowest BCUT2D eigenvalue weighted by molar-refractivity contribution is 0.102. The summed E-state index contributed by atoms with van der Waals surface area (Å²) in [5.41, 5.74) is 2.26. The van der Waals surface area contributed by atoms with Crippen molar-refractivity contribution < 1.29 is 9.18 Å². The molecule has 0 aliphatic carbocycles. The van der Waals surface area contributed by atoms with Crippen molar-refractivity contribution in [3.63, 3.8) is 0 Å². The highest BCUT2D eigenvalue weighted by Gasteiger charge is 2.12. The molecule has 0 saturated carbocycles. The molecule has 0 saturated heterocycles. The predicted octanol–water partition coefficient (Wildman–Crippen LogP) is 4.17. The Labute approximate surface area is 145 Å². The monoisotopic (exact) mass is 336 g/mol. The van der Waals surface area contributed by atoms with Gasteiger partial charge in [-0.2, -0.15) is 0 Å². The van der Waals surface area contributed by atoms with Crippen LogP contribution in [0.4, 0.5) is 21.7 Å². The summed E-state index contributed by atoms with van der Waals surface area (Å²) in [6, 6.07) is 15.3. The van der Waals surface area contributed by atoms with Crippen LogP contribution in [0.5, 0.6) is 0 Å². The Morgan fingerprint density at radius 3 is 2.52 bits per heavy atom. The molecule has 25 heavy (non-hydrogen) atoms. The van der Waals surface area contributed by atoms with Crippen molar-refractivity contribution in [2.75, 3.05) is 10.6 Å². The van der Waals surface area contributed by atoms with Crippen LogP contribution in [0.3, 0.4) is 0 Å². The molecule has 6 heteroatoms. The van der Waals surface area contributed by atoms with Gasteiger partial charge >= 0.3 is 0 Å². The first-order valence-corrected chi connectivity index (χ1v) is 7.91. The molecule has 126 valence electrons. The van der Waals surface area contributed by atoms with Gasteiger partial charge in [-0.05, 0) is 36.2 Å². The minimum atomic E-state index is -0.501. The Balaban J connectivity index is 1.79. The molecule has 0 spiro atoms. The van der Waals surface area contributed by atoms with Gasteiger partial charge < -0.3 is 10.6 Å². The number of hydrogen-bond donors (Lipinski definition) is 2. The highest BCUT2D eigenvalue weighted by molar-refractivity contribution is 6.03. The maximum absolute atomic E-state index is 13.7. The zero-order valence-corrected chi connectivity index (χ0v) is 13.7. The Morgan fingerprint density at radius 2 is 1.76 bits per heavy atom. The topological polar surface area (TPSA) is 66.9 Å². The second-order valence-corrected chi connectivity index (χ2v) is 5.34. The first-order chi connectivity index (χ1) is 12.2. The van der Waals surface area contributed by atoms with Crippen molar-refractivity contribution in [2.24, 2.45) is 0 Å². The molecule has 0 aliphatic rings. The van der Waals surface area contributed by atoms with Crippen molar-refractivity contribution in [1.29, 1.82) is 0 Å².